The van der Waals surface area contributed by atoms with E-state index in [-0.39, 0.29) is 5.91 Å². The van der Waals surface area contributed by atoms with Crippen LogP contribution in [0.15, 0.2) is 66.7 Å². The SMILES string of the molecule is Cc1nc(-c2ccccc2)cc(-c2ccccc2)c1C(=O)NCCN1CCOCC1. The highest BCUT2D eigenvalue weighted by Crippen LogP contribution is 2.30. The van der Waals surface area contributed by atoms with E-state index in [4.69, 9.17) is 9.72 Å². The summed E-state index contributed by atoms with van der Waals surface area (Å²) < 4.78 is 5.39. The third-order valence-electron chi connectivity index (χ3n) is 5.40. The summed E-state index contributed by atoms with van der Waals surface area (Å²) in [6.45, 7) is 6.69. The number of hydrogen-bond donors (Lipinski definition) is 1. The molecule has 5 nitrogen and oxygen atoms in total. The first-order chi connectivity index (χ1) is 14.7. The average molecular weight is 402 g/mol. The van der Waals surface area contributed by atoms with E-state index in [9.17, 15) is 4.79 Å². The van der Waals surface area contributed by atoms with Gasteiger partial charge in [0, 0.05) is 31.7 Å². The first-order valence-corrected chi connectivity index (χ1v) is 10.4. The lowest BCUT2D eigenvalue weighted by Gasteiger charge is -2.26. The molecule has 0 saturated carbocycles. The second-order valence-corrected chi connectivity index (χ2v) is 7.46. The predicted octanol–water partition coefficient (Wildman–Crippen LogP) is 3.79. The van der Waals surface area contributed by atoms with Gasteiger partial charge in [-0.15, -0.1) is 0 Å². The van der Waals surface area contributed by atoms with Crippen LogP contribution in [0.5, 0.6) is 0 Å². The van der Waals surface area contributed by atoms with Gasteiger partial charge in [-0.2, -0.15) is 0 Å². The Hall–Kier alpha value is -3.02. The number of nitrogens with one attached hydrogen (secondary N) is 1. The molecule has 1 aromatic heterocycles. The van der Waals surface area contributed by atoms with Crippen molar-refractivity contribution in [3.63, 3.8) is 0 Å². The normalized spacial score (nSPS) is 14.4. The molecule has 1 aliphatic heterocycles. The van der Waals surface area contributed by atoms with E-state index in [1.165, 1.54) is 0 Å². The van der Waals surface area contributed by atoms with Crippen molar-refractivity contribution in [3.8, 4) is 22.4 Å². The maximum atomic E-state index is 13.2. The van der Waals surface area contributed by atoms with Crippen molar-refractivity contribution in [2.45, 2.75) is 6.92 Å². The smallest absolute Gasteiger partial charge is 0.253 e. The van der Waals surface area contributed by atoms with Gasteiger partial charge >= 0.3 is 0 Å². The van der Waals surface area contributed by atoms with Crippen molar-refractivity contribution in [3.05, 3.63) is 78.0 Å². The molecule has 4 rings (SSSR count). The van der Waals surface area contributed by atoms with Crippen LogP contribution in [0.3, 0.4) is 0 Å². The molecule has 0 radical (unpaired) electrons. The Labute approximate surface area is 177 Å². The maximum Gasteiger partial charge on any atom is 0.253 e. The molecule has 154 valence electrons. The van der Waals surface area contributed by atoms with Gasteiger partial charge in [-0.3, -0.25) is 14.7 Å². The molecule has 0 bridgehead atoms. The van der Waals surface area contributed by atoms with Crippen molar-refractivity contribution in [1.29, 1.82) is 0 Å². The molecule has 0 atom stereocenters. The topological polar surface area (TPSA) is 54.5 Å². The molecule has 0 aliphatic carbocycles. The molecule has 1 N–H and O–H groups in total. The van der Waals surface area contributed by atoms with Crippen LogP contribution in [0, 0.1) is 6.92 Å². The highest BCUT2D eigenvalue weighted by atomic mass is 16.5. The molecule has 3 aromatic rings. The van der Waals surface area contributed by atoms with Gasteiger partial charge in [0.2, 0.25) is 0 Å². The summed E-state index contributed by atoms with van der Waals surface area (Å²) >= 11 is 0. The van der Waals surface area contributed by atoms with E-state index in [0.717, 1.165) is 60.9 Å². The highest BCUT2D eigenvalue weighted by molar-refractivity contribution is 6.02. The van der Waals surface area contributed by atoms with Crippen molar-refractivity contribution >= 4 is 5.91 Å². The van der Waals surface area contributed by atoms with Crippen molar-refractivity contribution in [1.82, 2.24) is 15.2 Å². The zero-order valence-electron chi connectivity index (χ0n) is 17.3. The van der Waals surface area contributed by atoms with Crippen molar-refractivity contribution in [2.24, 2.45) is 0 Å². The number of hydrogen-bond acceptors (Lipinski definition) is 4. The van der Waals surface area contributed by atoms with Gasteiger partial charge in [-0.05, 0) is 24.1 Å². The summed E-state index contributed by atoms with van der Waals surface area (Å²) in [7, 11) is 0. The summed E-state index contributed by atoms with van der Waals surface area (Å²) in [4.78, 5) is 20.2. The Morgan fingerprint density at radius 3 is 2.30 bits per heavy atom. The molecule has 2 heterocycles. The first kappa shape index (κ1) is 20.3. The number of carbonyl (C=O) groups excluding carboxylic acids is 1. The number of ether oxygens (including phenoxy) is 1. The number of aromatic nitrogens is 1. The number of carbonyl (C=O) groups is 1. The van der Waals surface area contributed by atoms with Gasteiger partial charge in [0.1, 0.15) is 0 Å². The van der Waals surface area contributed by atoms with E-state index >= 15 is 0 Å². The van der Waals surface area contributed by atoms with E-state index in [1.807, 2.05) is 73.7 Å². The van der Waals surface area contributed by atoms with Gasteiger partial charge in [-0.1, -0.05) is 60.7 Å². The number of amides is 1. The highest BCUT2D eigenvalue weighted by Gasteiger charge is 2.19. The van der Waals surface area contributed by atoms with Gasteiger partial charge < -0.3 is 10.1 Å². The third kappa shape index (κ3) is 4.75. The Bertz CT molecular complexity index is 984. The second kappa shape index (κ2) is 9.65. The summed E-state index contributed by atoms with van der Waals surface area (Å²) in [5.74, 6) is -0.0771. The van der Waals surface area contributed by atoms with Crippen LogP contribution < -0.4 is 5.32 Å². The van der Waals surface area contributed by atoms with Crippen molar-refractivity contribution < 1.29 is 9.53 Å². The fourth-order valence-corrected chi connectivity index (χ4v) is 3.80. The van der Waals surface area contributed by atoms with Crippen LogP contribution in [0.25, 0.3) is 22.4 Å². The summed E-state index contributed by atoms with van der Waals surface area (Å²) in [6.07, 6.45) is 0. The quantitative estimate of drug-likeness (QED) is 0.683. The van der Waals surface area contributed by atoms with E-state index in [0.29, 0.717) is 12.1 Å². The third-order valence-corrected chi connectivity index (χ3v) is 5.40. The van der Waals surface area contributed by atoms with E-state index < -0.39 is 0 Å². The number of nitrogens with zero attached hydrogens (tertiary/aromatic N) is 2. The fourth-order valence-electron chi connectivity index (χ4n) is 3.80. The summed E-state index contributed by atoms with van der Waals surface area (Å²) in [6, 6.07) is 22.1. The number of benzene rings is 2. The minimum absolute atomic E-state index is 0.0771. The molecule has 2 aromatic carbocycles. The summed E-state index contributed by atoms with van der Waals surface area (Å²) in [5, 5.41) is 3.10. The molecular formula is C25H27N3O2. The molecule has 30 heavy (non-hydrogen) atoms. The predicted molar refractivity (Wildman–Crippen MR) is 119 cm³/mol. The molecule has 5 heteroatoms. The number of pyridine rings is 1. The molecule has 0 spiro atoms. The lowest BCUT2D eigenvalue weighted by molar-refractivity contribution is 0.0383. The zero-order valence-corrected chi connectivity index (χ0v) is 17.3. The monoisotopic (exact) mass is 401 g/mol. The van der Waals surface area contributed by atoms with E-state index in [2.05, 4.69) is 10.2 Å². The van der Waals surface area contributed by atoms with Gasteiger partial charge in [0.15, 0.2) is 0 Å². The van der Waals surface area contributed by atoms with Crippen LogP contribution in [0.2, 0.25) is 0 Å². The minimum atomic E-state index is -0.0771. The lowest BCUT2D eigenvalue weighted by atomic mass is 9.96. The van der Waals surface area contributed by atoms with Crippen LogP contribution in [0.1, 0.15) is 16.1 Å². The number of aryl methyl sites for hydroxylation is 1. The fraction of sp³-hybridized carbons (Fsp3) is 0.280. The standard InChI is InChI=1S/C25H27N3O2/c1-19-24(25(29)26-12-13-28-14-16-30-17-15-28)22(20-8-4-2-5-9-20)18-23(27-19)21-10-6-3-7-11-21/h2-11,18H,12-17H2,1H3,(H,26,29). The number of morpholine rings is 1. The van der Waals surface area contributed by atoms with Crippen LogP contribution in [-0.4, -0.2) is 55.2 Å². The Kier molecular flexibility index (Phi) is 6.52. The Balaban J connectivity index is 1.61. The van der Waals surface area contributed by atoms with Crippen LogP contribution in [0.4, 0.5) is 0 Å². The van der Waals surface area contributed by atoms with Crippen molar-refractivity contribution in [2.75, 3.05) is 39.4 Å². The molecule has 1 fully saturated rings. The molecule has 1 aliphatic rings. The molecular weight excluding hydrogens is 374 g/mol. The molecule has 1 saturated heterocycles. The largest absolute Gasteiger partial charge is 0.379 e. The summed E-state index contributed by atoms with van der Waals surface area (Å²) in [5.41, 5.74) is 5.21. The molecule has 0 unspecified atom stereocenters. The van der Waals surface area contributed by atoms with Gasteiger partial charge in [0.25, 0.3) is 5.91 Å². The zero-order chi connectivity index (χ0) is 20.8. The minimum Gasteiger partial charge on any atom is -0.379 e. The number of rotatable bonds is 6. The van der Waals surface area contributed by atoms with E-state index in [1.54, 1.807) is 0 Å². The average Bonchev–Trinajstić information content (AvgIpc) is 2.80. The molecule has 1 amide bonds. The van der Waals surface area contributed by atoms with Crippen LogP contribution >= 0.6 is 0 Å². The first-order valence-electron chi connectivity index (χ1n) is 10.4. The lowest BCUT2D eigenvalue weighted by Crippen LogP contribution is -2.41. The maximum absolute atomic E-state index is 13.2. The Morgan fingerprint density at radius 1 is 1.00 bits per heavy atom. The second-order valence-electron chi connectivity index (χ2n) is 7.46. The Morgan fingerprint density at radius 2 is 1.63 bits per heavy atom. The van der Waals surface area contributed by atoms with Crippen LogP contribution in [-0.2, 0) is 4.74 Å². The van der Waals surface area contributed by atoms with Gasteiger partial charge in [-0.25, -0.2) is 0 Å². The van der Waals surface area contributed by atoms with Gasteiger partial charge in [0.05, 0.1) is 30.2 Å².